The fourth-order valence-corrected chi connectivity index (χ4v) is 0.167. The summed E-state index contributed by atoms with van der Waals surface area (Å²) in [5, 5.41) is 8.54. The van der Waals surface area contributed by atoms with E-state index in [2.05, 4.69) is 6.58 Å². The first-order valence-electron chi connectivity index (χ1n) is 3.81. The molecule has 0 fully saturated rings. The average molecular weight is 160 g/mol. The molecular formula is C8H20N2O. The Bertz CT molecular complexity index is 90.1. The third-order valence-electron chi connectivity index (χ3n) is 1.09. The van der Waals surface area contributed by atoms with E-state index in [1.54, 1.807) is 0 Å². The van der Waals surface area contributed by atoms with Gasteiger partial charge < -0.3 is 16.6 Å². The van der Waals surface area contributed by atoms with Gasteiger partial charge in [-0.1, -0.05) is 19.1 Å². The molecule has 11 heavy (non-hydrogen) atoms. The first kappa shape index (κ1) is 13.2. The van der Waals surface area contributed by atoms with Crippen molar-refractivity contribution in [3.05, 3.63) is 12.2 Å². The summed E-state index contributed by atoms with van der Waals surface area (Å²) in [5.74, 6) is 0. The lowest BCUT2D eigenvalue weighted by molar-refractivity contribution is 0.179. The summed E-state index contributed by atoms with van der Waals surface area (Å²) in [4.78, 5) is 0. The summed E-state index contributed by atoms with van der Waals surface area (Å²) in [6.45, 7) is 8.35. The third kappa shape index (κ3) is 17.7. The van der Waals surface area contributed by atoms with Gasteiger partial charge in [0.1, 0.15) is 0 Å². The SMILES string of the molecule is C=C(C)CN.CCC(O)CN. The molecule has 1 unspecified atom stereocenters. The lowest BCUT2D eigenvalue weighted by atomic mass is 10.3. The van der Waals surface area contributed by atoms with E-state index in [9.17, 15) is 0 Å². The zero-order valence-electron chi connectivity index (χ0n) is 7.51. The molecule has 0 radical (unpaired) electrons. The molecule has 0 aromatic rings. The molecule has 0 spiro atoms. The Kier molecular flexibility index (Phi) is 11.6. The van der Waals surface area contributed by atoms with E-state index in [1.165, 1.54) is 0 Å². The van der Waals surface area contributed by atoms with Crippen molar-refractivity contribution in [2.24, 2.45) is 11.5 Å². The summed E-state index contributed by atoms with van der Waals surface area (Å²) in [7, 11) is 0. The zero-order chi connectivity index (χ0) is 9.28. The van der Waals surface area contributed by atoms with Gasteiger partial charge in [-0.2, -0.15) is 0 Å². The Morgan fingerprint density at radius 3 is 1.91 bits per heavy atom. The lowest BCUT2D eigenvalue weighted by Crippen LogP contribution is -2.17. The zero-order valence-corrected chi connectivity index (χ0v) is 7.51. The van der Waals surface area contributed by atoms with E-state index in [-0.39, 0.29) is 6.10 Å². The van der Waals surface area contributed by atoms with Crippen molar-refractivity contribution in [3.8, 4) is 0 Å². The number of nitrogens with two attached hydrogens (primary N) is 2. The van der Waals surface area contributed by atoms with Crippen molar-refractivity contribution in [2.75, 3.05) is 13.1 Å². The van der Waals surface area contributed by atoms with Gasteiger partial charge in [-0.25, -0.2) is 0 Å². The second-order valence-corrected chi connectivity index (χ2v) is 2.46. The third-order valence-corrected chi connectivity index (χ3v) is 1.09. The predicted molar refractivity (Wildman–Crippen MR) is 49.2 cm³/mol. The van der Waals surface area contributed by atoms with Crippen molar-refractivity contribution in [3.63, 3.8) is 0 Å². The van der Waals surface area contributed by atoms with Gasteiger partial charge in [0.05, 0.1) is 6.10 Å². The average Bonchev–Trinajstić information content (AvgIpc) is 2.04. The fraction of sp³-hybridized carbons (Fsp3) is 0.750. The summed E-state index contributed by atoms with van der Waals surface area (Å²) < 4.78 is 0. The van der Waals surface area contributed by atoms with Crippen molar-refractivity contribution in [1.82, 2.24) is 0 Å². The highest BCUT2D eigenvalue weighted by molar-refractivity contribution is 4.88. The molecule has 68 valence electrons. The molecule has 0 aromatic carbocycles. The first-order chi connectivity index (χ1) is 5.08. The van der Waals surface area contributed by atoms with Gasteiger partial charge >= 0.3 is 0 Å². The standard InChI is InChI=1S/C4H11NO.C4H9N/c1-2-4(6)3-5;1-4(2)3-5/h4,6H,2-3,5H2,1H3;1,3,5H2,2H3. The van der Waals surface area contributed by atoms with Gasteiger partial charge in [-0.3, -0.25) is 0 Å². The molecule has 0 aromatic heterocycles. The number of hydrogen-bond donors (Lipinski definition) is 3. The maximum atomic E-state index is 8.54. The molecule has 0 bridgehead atoms. The van der Waals surface area contributed by atoms with Crippen LogP contribution in [0.5, 0.6) is 0 Å². The normalized spacial score (nSPS) is 11.4. The monoisotopic (exact) mass is 160 g/mol. The van der Waals surface area contributed by atoms with Crippen molar-refractivity contribution < 1.29 is 5.11 Å². The Labute approximate surface area is 69.1 Å². The Morgan fingerprint density at radius 2 is 1.91 bits per heavy atom. The molecule has 0 aliphatic carbocycles. The van der Waals surface area contributed by atoms with E-state index < -0.39 is 0 Å². The van der Waals surface area contributed by atoms with Gasteiger partial charge in [0.15, 0.2) is 0 Å². The van der Waals surface area contributed by atoms with Crippen LogP contribution in [0.3, 0.4) is 0 Å². The topological polar surface area (TPSA) is 72.3 Å². The second kappa shape index (κ2) is 9.62. The summed E-state index contributed by atoms with van der Waals surface area (Å²) in [5.41, 5.74) is 11.1. The summed E-state index contributed by atoms with van der Waals surface area (Å²) in [6, 6.07) is 0. The number of aliphatic hydroxyl groups is 1. The molecule has 0 heterocycles. The highest BCUT2D eigenvalue weighted by atomic mass is 16.3. The molecule has 3 nitrogen and oxygen atoms in total. The molecule has 1 atom stereocenters. The molecule has 0 saturated heterocycles. The van der Waals surface area contributed by atoms with Crippen LogP contribution in [-0.2, 0) is 0 Å². The number of aliphatic hydroxyl groups excluding tert-OH is 1. The molecule has 5 N–H and O–H groups in total. The summed E-state index contributed by atoms with van der Waals surface area (Å²) in [6.07, 6.45) is 0.473. The van der Waals surface area contributed by atoms with Crippen molar-refractivity contribution in [2.45, 2.75) is 26.4 Å². The van der Waals surface area contributed by atoms with Crippen molar-refractivity contribution >= 4 is 0 Å². The Morgan fingerprint density at radius 1 is 1.55 bits per heavy atom. The molecule has 0 aliphatic heterocycles. The van der Waals surface area contributed by atoms with Crippen LogP contribution in [0.25, 0.3) is 0 Å². The van der Waals surface area contributed by atoms with Gasteiger partial charge in [0.2, 0.25) is 0 Å². The van der Waals surface area contributed by atoms with Gasteiger partial charge in [-0.05, 0) is 13.3 Å². The molecular weight excluding hydrogens is 140 g/mol. The highest BCUT2D eigenvalue weighted by Gasteiger charge is 1.90. The van der Waals surface area contributed by atoms with E-state index >= 15 is 0 Å². The summed E-state index contributed by atoms with van der Waals surface area (Å²) >= 11 is 0. The molecule has 0 rings (SSSR count). The maximum Gasteiger partial charge on any atom is 0.0659 e. The van der Waals surface area contributed by atoms with Crippen LogP contribution in [0.4, 0.5) is 0 Å². The first-order valence-corrected chi connectivity index (χ1v) is 3.81. The van der Waals surface area contributed by atoms with Gasteiger partial charge in [0.25, 0.3) is 0 Å². The van der Waals surface area contributed by atoms with E-state index in [1.807, 2.05) is 13.8 Å². The molecule has 3 heteroatoms. The minimum atomic E-state index is -0.287. The van der Waals surface area contributed by atoms with Gasteiger partial charge in [0, 0.05) is 13.1 Å². The van der Waals surface area contributed by atoms with Crippen LogP contribution in [0.1, 0.15) is 20.3 Å². The number of rotatable bonds is 3. The van der Waals surface area contributed by atoms with Crippen LogP contribution >= 0.6 is 0 Å². The lowest BCUT2D eigenvalue weighted by Gasteiger charge is -1.98. The van der Waals surface area contributed by atoms with E-state index in [0.29, 0.717) is 13.1 Å². The Hall–Kier alpha value is -0.380. The maximum absolute atomic E-state index is 8.54. The molecule has 0 amide bonds. The highest BCUT2D eigenvalue weighted by Crippen LogP contribution is 1.81. The largest absolute Gasteiger partial charge is 0.392 e. The molecule has 0 saturated carbocycles. The predicted octanol–water partition coefficient (Wildman–Crippen LogP) is 0.237. The van der Waals surface area contributed by atoms with E-state index in [0.717, 1.165) is 12.0 Å². The fourth-order valence-electron chi connectivity index (χ4n) is 0.167. The number of hydrogen-bond acceptors (Lipinski definition) is 3. The smallest absolute Gasteiger partial charge is 0.0659 e. The van der Waals surface area contributed by atoms with Crippen LogP contribution in [0.15, 0.2) is 12.2 Å². The van der Waals surface area contributed by atoms with Crippen LogP contribution < -0.4 is 11.5 Å². The molecule has 0 aliphatic rings. The van der Waals surface area contributed by atoms with Crippen LogP contribution in [0, 0.1) is 0 Å². The quantitative estimate of drug-likeness (QED) is 0.518. The van der Waals surface area contributed by atoms with Crippen LogP contribution in [-0.4, -0.2) is 24.3 Å². The van der Waals surface area contributed by atoms with E-state index in [4.69, 9.17) is 16.6 Å². The second-order valence-electron chi connectivity index (χ2n) is 2.46. The Balaban J connectivity index is 0. The van der Waals surface area contributed by atoms with Crippen molar-refractivity contribution in [1.29, 1.82) is 0 Å². The van der Waals surface area contributed by atoms with Gasteiger partial charge in [-0.15, -0.1) is 0 Å². The van der Waals surface area contributed by atoms with Crippen LogP contribution in [0.2, 0.25) is 0 Å². The minimum absolute atomic E-state index is 0.287. The minimum Gasteiger partial charge on any atom is -0.392 e.